The number of halogens is 2. The number of hydrogen-bond donors (Lipinski definition) is 1. The molecule has 1 aliphatic rings. The third-order valence-electron chi connectivity index (χ3n) is 3.76. The van der Waals surface area contributed by atoms with Crippen molar-refractivity contribution in [3.63, 3.8) is 0 Å². The van der Waals surface area contributed by atoms with Gasteiger partial charge in [0.05, 0.1) is 6.61 Å². The molecule has 21 heavy (non-hydrogen) atoms. The van der Waals surface area contributed by atoms with Crippen LogP contribution in [0.3, 0.4) is 0 Å². The van der Waals surface area contributed by atoms with E-state index in [0.717, 1.165) is 42.3 Å². The topological polar surface area (TPSA) is 21.3 Å². The van der Waals surface area contributed by atoms with E-state index in [0.29, 0.717) is 11.1 Å². The Hall–Kier alpha value is -1.22. The SMILES string of the molecule is Clc1ccc(CCNC2CCOc3ccccc32)c(Cl)c1. The van der Waals surface area contributed by atoms with Gasteiger partial charge in [-0.2, -0.15) is 0 Å². The van der Waals surface area contributed by atoms with Crippen molar-refractivity contribution in [3.05, 3.63) is 63.6 Å². The second-order valence-corrected chi connectivity index (χ2v) is 6.01. The van der Waals surface area contributed by atoms with Crippen molar-refractivity contribution in [3.8, 4) is 5.75 Å². The van der Waals surface area contributed by atoms with Gasteiger partial charge in [-0.05, 0) is 36.7 Å². The van der Waals surface area contributed by atoms with Gasteiger partial charge < -0.3 is 10.1 Å². The summed E-state index contributed by atoms with van der Waals surface area (Å²) in [6, 6.07) is 14.2. The van der Waals surface area contributed by atoms with Crippen LogP contribution in [0.1, 0.15) is 23.6 Å². The Kier molecular flexibility index (Phi) is 4.69. The maximum atomic E-state index is 6.20. The van der Waals surface area contributed by atoms with Crippen LogP contribution in [-0.2, 0) is 6.42 Å². The van der Waals surface area contributed by atoms with Gasteiger partial charge in [0.1, 0.15) is 5.75 Å². The lowest BCUT2D eigenvalue weighted by Gasteiger charge is -2.26. The molecule has 0 fully saturated rings. The van der Waals surface area contributed by atoms with E-state index in [2.05, 4.69) is 17.4 Å². The Morgan fingerprint density at radius 1 is 1.14 bits per heavy atom. The molecule has 0 radical (unpaired) electrons. The van der Waals surface area contributed by atoms with Crippen molar-refractivity contribution in [1.29, 1.82) is 0 Å². The van der Waals surface area contributed by atoms with E-state index < -0.39 is 0 Å². The molecule has 1 aliphatic heterocycles. The van der Waals surface area contributed by atoms with E-state index in [1.165, 1.54) is 5.56 Å². The fraction of sp³-hybridized carbons (Fsp3) is 0.294. The van der Waals surface area contributed by atoms with Gasteiger partial charge in [0, 0.05) is 28.1 Å². The second kappa shape index (κ2) is 6.69. The standard InChI is InChI=1S/C17H17Cl2NO/c18-13-6-5-12(15(19)11-13)7-9-20-16-8-10-21-17-4-2-1-3-14(16)17/h1-6,11,16,20H,7-10H2. The first kappa shape index (κ1) is 14.7. The van der Waals surface area contributed by atoms with Crippen LogP contribution in [0.25, 0.3) is 0 Å². The molecule has 0 spiro atoms. The third-order valence-corrected chi connectivity index (χ3v) is 4.35. The lowest BCUT2D eigenvalue weighted by atomic mass is 10.0. The number of nitrogens with one attached hydrogen (secondary N) is 1. The Morgan fingerprint density at radius 3 is 2.86 bits per heavy atom. The van der Waals surface area contributed by atoms with Crippen molar-refractivity contribution in [2.45, 2.75) is 18.9 Å². The smallest absolute Gasteiger partial charge is 0.124 e. The van der Waals surface area contributed by atoms with Gasteiger partial charge in [-0.1, -0.05) is 47.5 Å². The molecule has 3 rings (SSSR count). The number of rotatable bonds is 4. The molecule has 0 aliphatic carbocycles. The normalized spacial score (nSPS) is 17.1. The Morgan fingerprint density at radius 2 is 2.00 bits per heavy atom. The number of benzene rings is 2. The molecule has 2 nitrogen and oxygen atoms in total. The molecule has 0 aromatic heterocycles. The Labute approximate surface area is 135 Å². The van der Waals surface area contributed by atoms with Gasteiger partial charge in [0.25, 0.3) is 0 Å². The summed E-state index contributed by atoms with van der Waals surface area (Å²) in [5, 5.41) is 5.01. The van der Waals surface area contributed by atoms with Crippen LogP contribution in [-0.4, -0.2) is 13.2 Å². The van der Waals surface area contributed by atoms with Crippen molar-refractivity contribution >= 4 is 23.2 Å². The van der Waals surface area contributed by atoms with Gasteiger partial charge in [-0.3, -0.25) is 0 Å². The molecule has 1 N–H and O–H groups in total. The minimum atomic E-state index is 0.348. The van der Waals surface area contributed by atoms with Crippen LogP contribution in [0.15, 0.2) is 42.5 Å². The maximum Gasteiger partial charge on any atom is 0.124 e. The quantitative estimate of drug-likeness (QED) is 0.885. The fourth-order valence-electron chi connectivity index (χ4n) is 2.66. The van der Waals surface area contributed by atoms with Crippen LogP contribution in [0.5, 0.6) is 5.75 Å². The van der Waals surface area contributed by atoms with Crippen LogP contribution >= 0.6 is 23.2 Å². The zero-order chi connectivity index (χ0) is 14.7. The average molecular weight is 322 g/mol. The highest BCUT2D eigenvalue weighted by molar-refractivity contribution is 6.35. The van der Waals surface area contributed by atoms with E-state index in [-0.39, 0.29) is 0 Å². The van der Waals surface area contributed by atoms with E-state index in [9.17, 15) is 0 Å². The molecule has 0 saturated heterocycles. The Bertz CT molecular complexity index is 630. The first-order valence-electron chi connectivity index (χ1n) is 7.13. The molecule has 4 heteroatoms. The molecule has 0 saturated carbocycles. The second-order valence-electron chi connectivity index (χ2n) is 5.17. The van der Waals surface area contributed by atoms with Crippen LogP contribution < -0.4 is 10.1 Å². The highest BCUT2D eigenvalue weighted by atomic mass is 35.5. The molecule has 1 heterocycles. The van der Waals surface area contributed by atoms with Crippen molar-refractivity contribution in [2.75, 3.05) is 13.2 Å². The summed E-state index contributed by atoms with van der Waals surface area (Å²) >= 11 is 12.1. The number of para-hydroxylation sites is 1. The lowest BCUT2D eigenvalue weighted by Crippen LogP contribution is -2.28. The molecule has 1 unspecified atom stereocenters. The molecular weight excluding hydrogens is 305 g/mol. The van der Waals surface area contributed by atoms with Crippen LogP contribution in [0.4, 0.5) is 0 Å². The monoisotopic (exact) mass is 321 g/mol. The van der Waals surface area contributed by atoms with Crippen LogP contribution in [0.2, 0.25) is 10.0 Å². The molecule has 0 amide bonds. The van der Waals surface area contributed by atoms with Crippen molar-refractivity contribution in [2.24, 2.45) is 0 Å². The summed E-state index contributed by atoms with van der Waals surface area (Å²) in [4.78, 5) is 0. The number of ether oxygens (including phenoxy) is 1. The fourth-order valence-corrected chi connectivity index (χ4v) is 3.16. The van der Waals surface area contributed by atoms with Gasteiger partial charge in [-0.25, -0.2) is 0 Å². The molecule has 1 atom stereocenters. The summed E-state index contributed by atoms with van der Waals surface area (Å²) in [7, 11) is 0. The summed E-state index contributed by atoms with van der Waals surface area (Å²) < 4.78 is 5.67. The van der Waals surface area contributed by atoms with Gasteiger partial charge in [0.15, 0.2) is 0 Å². The van der Waals surface area contributed by atoms with Gasteiger partial charge >= 0.3 is 0 Å². The number of hydrogen-bond acceptors (Lipinski definition) is 2. The molecule has 2 aromatic carbocycles. The minimum Gasteiger partial charge on any atom is -0.493 e. The van der Waals surface area contributed by atoms with E-state index in [1.54, 1.807) is 6.07 Å². The third kappa shape index (κ3) is 3.52. The van der Waals surface area contributed by atoms with Crippen LogP contribution in [0, 0.1) is 0 Å². The zero-order valence-corrected chi connectivity index (χ0v) is 13.1. The van der Waals surface area contributed by atoms with Gasteiger partial charge in [-0.15, -0.1) is 0 Å². The van der Waals surface area contributed by atoms with Crippen molar-refractivity contribution in [1.82, 2.24) is 5.32 Å². The summed E-state index contributed by atoms with van der Waals surface area (Å²) in [6.07, 6.45) is 1.88. The summed E-state index contributed by atoms with van der Waals surface area (Å²) in [5.41, 5.74) is 2.36. The molecular formula is C17H17Cl2NO. The largest absolute Gasteiger partial charge is 0.493 e. The molecule has 110 valence electrons. The maximum absolute atomic E-state index is 6.20. The highest BCUT2D eigenvalue weighted by Crippen LogP contribution is 2.31. The molecule has 2 aromatic rings. The minimum absolute atomic E-state index is 0.348. The lowest BCUT2D eigenvalue weighted by molar-refractivity contribution is 0.253. The van der Waals surface area contributed by atoms with Crippen molar-refractivity contribution < 1.29 is 4.74 Å². The first-order valence-corrected chi connectivity index (χ1v) is 7.88. The summed E-state index contributed by atoms with van der Waals surface area (Å²) in [6.45, 7) is 1.64. The average Bonchev–Trinajstić information content (AvgIpc) is 2.50. The Balaban J connectivity index is 1.61. The predicted molar refractivity (Wildman–Crippen MR) is 87.5 cm³/mol. The van der Waals surface area contributed by atoms with E-state index in [4.69, 9.17) is 27.9 Å². The zero-order valence-electron chi connectivity index (χ0n) is 11.6. The number of fused-ring (bicyclic) bond motifs is 1. The van der Waals surface area contributed by atoms with E-state index in [1.807, 2.05) is 24.3 Å². The van der Waals surface area contributed by atoms with E-state index >= 15 is 0 Å². The van der Waals surface area contributed by atoms with Gasteiger partial charge in [0.2, 0.25) is 0 Å². The molecule has 0 bridgehead atoms. The summed E-state index contributed by atoms with van der Waals surface area (Å²) in [5.74, 6) is 0.991. The predicted octanol–water partition coefficient (Wildman–Crippen LogP) is 4.65. The highest BCUT2D eigenvalue weighted by Gasteiger charge is 2.20. The first-order chi connectivity index (χ1) is 10.2.